The fourth-order valence-corrected chi connectivity index (χ4v) is 20.5. The molecule has 1 amide bonds. The van der Waals surface area contributed by atoms with Crippen molar-refractivity contribution >= 4 is 44.8 Å². The lowest BCUT2D eigenvalue weighted by molar-refractivity contribution is -0.0609. The molecule has 5 aromatic carbocycles. The Balaban J connectivity index is 1.04. The van der Waals surface area contributed by atoms with Gasteiger partial charge in [-0.3, -0.25) is 14.3 Å². The maximum atomic E-state index is 13.8. The van der Waals surface area contributed by atoms with Crippen molar-refractivity contribution in [2.24, 2.45) is 0 Å². The molecule has 0 radical (unpaired) electrons. The number of hydrogen-bond donors (Lipinski definition) is 2. The van der Waals surface area contributed by atoms with Crippen molar-refractivity contribution in [3.05, 3.63) is 164 Å². The molecule has 2 N–H and O–H groups in total. The van der Waals surface area contributed by atoms with Crippen LogP contribution in [0.1, 0.15) is 89.4 Å². The second-order valence-electron chi connectivity index (χ2n) is 18.3. The minimum Gasteiger partial charge on any atom is -0.439 e. The molecule has 0 unspecified atom stereocenters. The smallest absolute Gasteiger partial charge is 0.407 e. The van der Waals surface area contributed by atoms with Crippen LogP contribution in [0, 0.1) is 23.7 Å². The third kappa shape index (κ3) is 9.20. The van der Waals surface area contributed by atoms with Gasteiger partial charge in [-0.1, -0.05) is 158 Å². The van der Waals surface area contributed by atoms with Gasteiger partial charge in [0.25, 0.3) is 5.56 Å². The minimum absolute atomic E-state index is 0.00882. The summed E-state index contributed by atoms with van der Waals surface area (Å²) >= 11 is 0. The molecule has 0 saturated carbocycles. The van der Waals surface area contributed by atoms with Gasteiger partial charge in [-0.15, -0.1) is 0 Å². The van der Waals surface area contributed by atoms with E-state index in [4.69, 9.17) is 22.4 Å². The zero-order chi connectivity index (χ0) is 46.8. The van der Waals surface area contributed by atoms with E-state index >= 15 is 0 Å². The topological polar surface area (TPSA) is 130 Å². The number of aromatic nitrogens is 2. The van der Waals surface area contributed by atoms with Gasteiger partial charge in [0.2, 0.25) is 0 Å². The maximum absolute atomic E-state index is 13.8. The summed E-state index contributed by atoms with van der Waals surface area (Å²) in [5.41, 5.74) is 3.40. The molecule has 1 aromatic heterocycles. The van der Waals surface area contributed by atoms with Crippen LogP contribution in [0.25, 0.3) is 21.5 Å². The first-order valence-electron chi connectivity index (χ1n) is 22.8. The molecule has 6 aromatic rings. The van der Waals surface area contributed by atoms with E-state index in [1.165, 1.54) is 16.8 Å². The molecule has 2 saturated heterocycles. The molecule has 8 rings (SSSR count). The summed E-state index contributed by atoms with van der Waals surface area (Å²) in [5, 5.41) is 7.02. The van der Waals surface area contributed by atoms with E-state index in [0.717, 1.165) is 49.4 Å². The van der Waals surface area contributed by atoms with Crippen molar-refractivity contribution in [2.75, 3.05) is 6.61 Å². The number of rotatable bonds is 8. The van der Waals surface area contributed by atoms with Crippen molar-refractivity contribution < 1.29 is 27.2 Å². The first-order chi connectivity index (χ1) is 31.7. The lowest BCUT2D eigenvalue weighted by Gasteiger charge is -2.51. The van der Waals surface area contributed by atoms with Crippen molar-refractivity contribution in [2.45, 2.75) is 109 Å². The lowest BCUT2D eigenvalue weighted by atomic mass is 9.92. The Kier molecular flexibility index (Phi) is 13.7. The molecule has 0 aliphatic carbocycles. The summed E-state index contributed by atoms with van der Waals surface area (Å²) in [6.07, 6.45) is -3.15. The highest BCUT2D eigenvalue weighted by molar-refractivity contribution is 6.84. The Labute approximate surface area is 388 Å². The summed E-state index contributed by atoms with van der Waals surface area (Å²) in [6.45, 7) is 17.2. The second-order valence-corrected chi connectivity index (χ2v) is 27.1. The number of aromatic amines is 1. The molecule has 11 nitrogen and oxygen atoms in total. The summed E-state index contributed by atoms with van der Waals surface area (Å²) in [4.78, 5) is 41.5. The van der Waals surface area contributed by atoms with Crippen LogP contribution in [0.5, 0.6) is 0 Å². The number of carbonyl (C=O) groups excluding carboxylic acids is 1. The molecule has 0 bridgehead atoms. The SMILES string of the molecule is CC(C)[Si]1(C(C)C)OC[C@H]2O[C@@H](n3ccc(=O)[nH]c3=O)[C@H](OC(=O)NCc3ccc(C#Cc4c5ccccc5c(C#Cc5ccccc5)c5ccccc45)cc3)[C@@H]2O[Si](C(C)C)(C(C)C)O1. The predicted octanol–water partition coefficient (Wildman–Crippen LogP) is 9.79. The highest BCUT2D eigenvalue weighted by atomic mass is 28.5. The van der Waals surface area contributed by atoms with Gasteiger partial charge in [0.1, 0.15) is 12.2 Å². The van der Waals surface area contributed by atoms with E-state index in [0.29, 0.717) is 0 Å². The predicted molar refractivity (Wildman–Crippen MR) is 262 cm³/mol. The second kappa shape index (κ2) is 19.4. The Hall–Kier alpha value is -6.04. The van der Waals surface area contributed by atoms with Crippen LogP contribution in [-0.2, 0) is 29.0 Å². The maximum Gasteiger partial charge on any atom is 0.407 e. The summed E-state index contributed by atoms with van der Waals surface area (Å²) in [7, 11) is -6.10. The summed E-state index contributed by atoms with van der Waals surface area (Å²) < 4.78 is 35.6. The van der Waals surface area contributed by atoms with Crippen LogP contribution >= 0.6 is 0 Å². The lowest BCUT2D eigenvalue weighted by Crippen LogP contribution is -2.66. The van der Waals surface area contributed by atoms with Gasteiger partial charge in [0, 0.05) is 41.1 Å². The monoisotopic (exact) mass is 919 g/mol. The Morgan fingerprint density at radius 1 is 0.697 bits per heavy atom. The molecule has 3 heterocycles. The number of ether oxygens (including phenoxy) is 2. The van der Waals surface area contributed by atoms with E-state index in [1.54, 1.807) is 0 Å². The van der Waals surface area contributed by atoms with Crippen molar-refractivity contribution in [1.82, 2.24) is 14.9 Å². The van der Waals surface area contributed by atoms with Gasteiger partial charge in [-0.05, 0) is 73.5 Å². The number of nitrogens with one attached hydrogen (secondary N) is 2. The van der Waals surface area contributed by atoms with E-state index in [9.17, 15) is 14.4 Å². The van der Waals surface area contributed by atoms with Crippen LogP contribution in [0.3, 0.4) is 0 Å². The fourth-order valence-electron chi connectivity index (χ4n) is 9.33. The number of benzene rings is 5. The van der Waals surface area contributed by atoms with Crippen molar-refractivity contribution in [3.63, 3.8) is 0 Å². The fraction of sp³-hybridized carbons (Fsp3) is 0.340. The van der Waals surface area contributed by atoms with E-state index < -0.39 is 59.0 Å². The largest absolute Gasteiger partial charge is 0.439 e. The van der Waals surface area contributed by atoms with E-state index in [1.807, 2.05) is 78.9 Å². The van der Waals surface area contributed by atoms with Gasteiger partial charge in [-0.2, -0.15) is 0 Å². The zero-order valence-corrected chi connectivity index (χ0v) is 40.7. The van der Waals surface area contributed by atoms with Crippen LogP contribution in [0.2, 0.25) is 22.2 Å². The van der Waals surface area contributed by atoms with Crippen LogP contribution in [0.15, 0.2) is 125 Å². The van der Waals surface area contributed by atoms with Crippen molar-refractivity contribution in [3.8, 4) is 23.7 Å². The number of nitrogens with zero attached hydrogens (tertiary/aromatic N) is 1. The molecule has 340 valence electrons. The number of amides is 1. The summed E-state index contributed by atoms with van der Waals surface area (Å²) in [5.74, 6) is 13.7. The molecule has 2 aliphatic heterocycles. The van der Waals surface area contributed by atoms with Crippen molar-refractivity contribution in [1.29, 1.82) is 0 Å². The molecule has 2 fully saturated rings. The number of alkyl carbamates (subject to hydrolysis) is 1. The van der Waals surface area contributed by atoms with Gasteiger partial charge in [0.05, 0.1) is 6.61 Å². The van der Waals surface area contributed by atoms with Crippen LogP contribution in [-0.4, -0.2) is 57.7 Å². The minimum atomic E-state index is -3.18. The standard InChI is InChI=1S/C53H57N3O8Si2/c1-34(2)65(35(3)4)60-33-47-49(63-66(64-65,36(5)6)37(7)8)50(51(61-47)56-31-30-48(57)55-52(56)58)62-53(59)54-32-40-24-22-39(23-25-40)27-29-46-43-20-14-12-18-41(43)45(42-19-13-15-21-44(42)46)28-26-38-16-10-9-11-17-38/h9-25,30-31,34-37,47,49-51H,32-33H2,1-8H3,(H,54,59)(H,55,57,58)/t47-,49-,50-,51-/m1/s1. The normalized spacial score (nSPS) is 20.0. The number of carbonyl (C=O) groups is 1. The number of H-pyrrole nitrogens is 1. The molecule has 2 aliphatic rings. The van der Waals surface area contributed by atoms with Gasteiger partial charge < -0.3 is 27.8 Å². The molecule has 4 atom stereocenters. The van der Waals surface area contributed by atoms with Crippen LogP contribution < -0.4 is 16.6 Å². The Morgan fingerprint density at radius 3 is 1.73 bits per heavy atom. The van der Waals surface area contributed by atoms with E-state index in [-0.39, 0.29) is 35.3 Å². The van der Waals surface area contributed by atoms with Gasteiger partial charge in [-0.25, -0.2) is 9.59 Å². The first kappa shape index (κ1) is 46.5. The third-order valence-electron chi connectivity index (χ3n) is 12.7. The number of fused-ring (bicyclic) bond motifs is 3. The van der Waals surface area contributed by atoms with Gasteiger partial charge >= 0.3 is 28.9 Å². The Bertz CT molecular complexity index is 2910. The molecule has 0 spiro atoms. The average Bonchev–Trinajstić information content (AvgIpc) is 3.61. The zero-order valence-electron chi connectivity index (χ0n) is 38.7. The third-order valence-corrected chi connectivity index (χ3v) is 23.0. The highest BCUT2D eigenvalue weighted by Crippen LogP contribution is 2.49. The molecule has 66 heavy (non-hydrogen) atoms. The number of hydrogen-bond acceptors (Lipinski definition) is 8. The quantitative estimate of drug-likeness (QED) is 0.0878. The summed E-state index contributed by atoms with van der Waals surface area (Å²) in [6, 6.07) is 35.4. The van der Waals surface area contributed by atoms with Crippen LogP contribution in [0.4, 0.5) is 4.79 Å². The highest BCUT2D eigenvalue weighted by Gasteiger charge is 2.62. The Morgan fingerprint density at radius 2 is 1.21 bits per heavy atom. The molecular weight excluding hydrogens is 863 g/mol. The average molecular weight is 920 g/mol. The van der Waals surface area contributed by atoms with Gasteiger partial charge in [0.15, 0.2) is 12.3 Å². The van der Waals surface area contributed by atoms with E-state index in [2.05, 4.69) is 114 Å². The molecular formula is C53H57N3O8Si2. The molecule has 13 heteroatoms. The first-order valence-corrected chi connectivity index (χ1v) is 26.7.